The second-order valence-corrected chi connectivity index (χ2v) is 8.18. The lowest BCUT2D eigenvalue weighted by molar-refractivity contribution is 0.751. The van der Waals surface area contributed by atoms with E-state index in [2.05, 4.69) is 51.4 Å². The first-order chi connectivity index (χ1) is 15.2. The van der Waals surface area contributed by atoms with Crippen molar-refractivity contribution < 1.29 is 0 Å². The predicted octanol–water partition coefficient (Wildman–Crippen LogP) is 3.72. The minimum Gasteiger partial charge on any atom is -0.361 e. The number of aromatic nitrogens is 5. The van der Waals surface area contributed by atoms with Gasteiger partial charge in [0.2, 0.25) is 0 Å². The summed E-state index contributed by atoms with van der Waals surface area (Å²) in [4.78, 5) is 15.6. The number of hydrogen-bond acceptors (Lipinski definition) is 5. The molecule has 31 heavy (non-hydrogen) atoms. The molecule has 3 aromatic heterocycles. The van der Waals surface area contributed by atoms with Crippen LogP contribution >= 0.6 is 0 Å². The van der Waals surface area contributed by atoms with Crippen LogP contribution in [0.1, 0.15) is 6.42 Å². The van der Waals surface area contributed by atoms with Crippen molar-refractivity contribution in [3.8, 4) is 22.6 Å². The highest BCUT2D eigenvalue weighted by molar-refractivity contribution is 5.98. The molecule has 1 fully saturated rings. The Morgan fingerprint density at radius 1 is 1.06 bits per heavy atom. The lowest BCUT2D eigenvalue weighted by Gasteiger charge is -2.20. The molecule has 1 atom stereocenters. The SMILES string of the molecule is Cn1nccc1-c1ccc2nc(-c3cccc4[nH]ccc34)nc(N3CCC(N)C3)c2c1. The first-order valence-electron chi connectivity index (χ1n) is 10.5. The Kier molecular flexibility index (Phi) is 4.04. The van der Waals surface area contributed by atoms with Crippen molar-refractivity contribution in [2.45, 2.75) is 12.5 Å². The van der Waals surface area contributed by atoms with Gasteiger partial charge in [0, 0.05) is 66.0 Å². The van der Waals surface area contributed by atoms with Crippen molar-refractivity contribution >= 4 is 27.6 Å². The number of nitrogens with one attached hydrogen (secondary N) is 1. The summed E-state index contributed by atoms with van der Waals surface area (Å²) < 4.78 is 1.88. The number of anilines is 1. The van der Waals surface area contributed by atoms with Crippen molar-refractivity contribution in [3.05, 3.63) is 60.9 Å². The molecular formula is C24H23N7. The Morgan fingerprint density at radius 2 is 2.00 bits per heavy atom. The minimum absolute atomic E-state index is 0.168. The van der Waals surface area contributed by atoms with E-state index in [-0.39, 0.29) is 6.04 Å². The minimum atomic E-state index is 0.168. The maximum atomic E-state index is 6.24. The molecule has 1 aliphatic heterocycles. The fourth-order valence-electron chi connectivity index (χ4n) is 4.55. The van der Waals surface area contributed by atoms with Crippen LogP contribution in [0.4, 0.5) is 5.82 Å². The van der Waals surface area contributed by atoms with Crippen LogP contribution in [0, 0.1) is 0 Å². The number of benzene rings is 2. The molecule has 7 nitrogen and oxygen atoms in total. The van der Waals surface area contributed by atoms with Crippen molar-refractivity contribution in [2.24, 2.45) is 12.8 Å². The highest BCUT2D eigenvalue weighted by atomic mass is 15.3. The molecule has 4 heterocycles. The van der Waals surface area contributed by atoms with Gasteiger partial charge in [-0.2, -0.15) is 5.10 Å². The van der Waals surface area contributed by atoms with E-state index in [1.165, 1.54) is 0 Å². The molecule has 0 bridgehead atoms. The zero-order valence-electron chi connectivity index (χ0n) is 17.3. The smallest absolute Gasteiger partial charge is 0.162 e. The Hall–Kier alpha value is -3.71. The molecule has 3 N–H and O–H groups in total. The zero-order chi connectivity index (χ0) is 20.9. The highest BCUT2D eigenvalue weighted by Gasteiger charge is 2.24. The third kappa shape index (κ3) is 2.97. The third-order valence-electron chi connectivity index (χ3n) is 6.15. The standard InChI is InChI=1S/C24H23N7/c1-30-22(8-11-27-30)15-5-6-21-19(13-15)24(31-12-9-16(25)14-31)29-23(28-21)18-3-2-4-20-17(18)7-10-26-20/h2-8,10-11,13,16,26H,9,12,14,25H2,1H3. The lowest BCUT2D eigenvalue weighted by atomic mass is 10.1. The molecule has 0 amide bonds. The molecular weight excluding hydrogens is 386 g/mol. The van der Waals surface area contributed by atoms with Crippen molar-refractivity contribution in [2.75, 3.05) is 18.0 Å². The summed E-state index contributed by atoms with van der Waals surface area (Å²) in [7, 11) is 1.96. The van der Waals surface area contributed by atoms with Crippen molar-refractivity contribution in [1.29, 1.82) is 0 Å². The van der Waals surface area contributed by atoms with Gasteiger partial charge in [-0.15, -0.1) is 0 Å². The van der Waals surface area contributed by atoms with Crippen LogP contribution in [0.2, 0.25) is 0 Å². The van der Waals surface area contributed by atoms with Gasteiger partial charge in [-0.05, 0) is 36.8 Å². The number of H-pyrrole nitrogens is 1. The van der Waals surface area contributed by atoms with Gasteiger partial charge < -0.3 is 15.6 Å². The molecule has 5 aromatic rings. The van der Waals surface area contributed by atoms with E-state index in [9.17, 15) is 0 Å². The van der Waals surface area contributed by atoms with E-state index < -0.39 is 0 Å². The van der Waals surface area contributed by atoms with Gasteiger partial charge in [-0.1, -0.05) is 18.2 Å². The number of fused-ring (bicyclic) bond motifs is 2. The van der Waals surface area contributed by atoms with E-state index in [0.29, 0.717) is 0 Å². The summed E-state index contributed by atoms with van der Waals surface area (Å²) in [5.41, 5.74) is 11.4. The van der Waals surface area contributed by atoms with Gasteiger partial charge in [0.1, 0.15) is 5.82 Å². The third-order valence-corrected chi connectivity index (χ3v) is 6.15. The molecule has 7 heteroatoms. The largest absolute Gasteiger partial charge is 0.361 e. The molecule has 0 spiro atoms. The Balaban J connectivity index is 1.59. The molecule has 0 saturated carbocycles. The van der Waals surface area contributed by atoms with Gasteiger partial charge in [-0.25, -0.2) is 9.97 Å². The monoisotopic (exact) mass is 409 g/mol. The second kappa shape index (κ2) is 6.92. The van der Waals surface area contributed by atoms with Crippen LogP contribution in [-0.2, 0) is 7.05 Å². The topological polar surface area (TPSA) is 88.7 Å². The zero-order valence-corrected chi connectivity index (χ0v) is 17.3. The maximum Gasteiger partial charge on any atom is 0.162 e. The number of nitrogens with two attached hydrogens (primary N) is 1. The molecule has 0 radical (unpaired) electrons. The van der Waals surface area contributed by atoms with Crippen LogP contribution in [0.25, 0.3) is 44.5 Å². The fraction of sp³-hybridized carbons (Fsp3) is 0.208. The van der Waals surface area contributed by atoms with Crippen LogP contribution in [0.3, 0.4) is 0 Å². The van der Waals surface area contributed by atoms with Gasteiger partial charge in [0.15, 0.2) is 5.82 Å². The molecule has 0 aliphatic carbocycles. The number of hydrogen-bond donors (Lipinski definition) is 2. The van der Waals surface area contributed by atoms with Gasteiger partial charge in [-0.3, -0.25) is 4.68 Å². The van der Waals surface area contributed by atoms with E-state index in [1.807, 2.05) is 36.3 Å². The normalized spacial score (nSPS) is 16.6. The number of aromatic amines is 1. The summed E-state index contributed by atoms with van der Waals surface area (Å²) in [6.07, 6.45) is 4.74. The van der Waals surface area contributed by atoms with Crippen molar-refractivity contribution in [3.63, 3.8) is 0 Å². The van der Waals surface area contributed by atoms with Gasteiger partial charge >= 0.3 is 0 Å². The second-order valence-electron chi connectivity index (χ2n) is 8.18. The molecule has 1 aliphatic rings. The molecule has 1 unspecified atom stereocenters. The predicted molar refractivity (Wildman–Crippen MR) is 124 cm³/mol. The van der Waals surface area contributed by atoms with Crippen LogP contribution in [-0.4, -0.2) is 43.9 Å². The molecule has 154 valence electrons. The quantitative estimate of drug-likeness (QED) is 0.474. The summed E-state index contributed by atoms with van der Waals surface area (Å²) in [5.74, 6) is 1.69. The summed E-state index contributed by atoms with van der Waals surface area (Å²) in [5, 5.41) is 6.48. The first-order valence-corrected chi connectivity index (χ1v) is 10.5. The Bertz CT molecular complexity index is 1410. The summed E-state index contributed by atoms with van der Waals surface area (Å²) >= 11 is 0. The Morgan fingerprint density at radius 3 is 2.81 bits per heavy atom. The van der Waals surface area contributed by atoms with Crippen LogP contribution in [0.5, 0.6) is 0 Å². The summed E-state index contributed by atoms with van der Waals surface area (Å²) in [6, 6.07) is 16.8. The lowest BCUT2D eigenvalue weighted by Crippen LogP contribution is -2.27. The average Bonchev–Trinajstić information content (AvgIpc) is 3.53. The molecule has 6 rings (SSSR count). The van der Waals surface area contributed by atoms with Gasteiger partial charge in [0.05, 0.1) is 11.2 Å². The number of aryl methyl sites for hydroxylation is 1. The van der Waals surface area contributed by atoms with E-state index in [0.717, 1.165) is 69.8 Å². The van der Waals surface area contributed by atoms with E-state index in [1.54, 1.807) is 0 Å². The van der Waals surface area contributed by atoms with Crippen LogP contribution < -0.4 is 10.6 Å². The average molecular weight is 409 g/mol. The van der Waals surface area contributed by atoms with Crippen molar-refractivity contribution in [1.82, 2.24) is 24.7 Å². The molecule has 2 aromatic carbocycles. The highest BCUT2D eigenvalue weighted by Crippen LogP contribution is 2.34. The van der Waals surface area contributed by atoms with Gasteiger partial charge in [0.25, 0.3) is 0 Å². The van der Waals surface area contributed by atoms with E-state index >= 15 is 0 Å². The number of nitrogens with zero attached hydrogens (tertiary/aromatic N) is 5. The van der Waals surface area contributed by atoms with Crippen LogP contribution in [0.15, 0.2) is 60.9 Å². The maximum absolute atomic E-state index is 6.24. The summed E-state index contributed by atoms with van der Waals surface area (Å²) in [6.45, 7) is 1.70. The fourth-order valence-corrected chi connectivity index (χ4v) is 4.55. The van der Waals surface area contributed by atoms with E-state index in [4.69, 9.17) is 15.7 Å². The Labute approximate surface area is 179 Å². The first kappa shape index (κ1) is 18.1. The number of rotatable bonds is 3. The molecule has 1 saturated heterocycles.